The number of likely N-dealkylation sites (tertiary alicyclic amines) is 1. The van der Waals surface area contributed by atoms with E-state index in [9.17, 15) is 4.79 Å². The zero-order valence-corrected chi connectivity index (χ0v) is 15.9. The highest BCUT2D eigenvalue weighted by molar-refractivity contribution is 7.98. The van der Waals surface area contributed by atoms with Gasteiger partial charge in [0.1, 0.15) is 0 Å². The molecule has 3 rings (SSSR count). The van der Waals surface area contributed by atoms with Gasteiger partial charge >= 0.3 is 6.03 Å². The summed E-state index contributed by atoms with van der Waals surface area (Å²) < 4.78 is 5.98. The maximum absolute atomic E-state index is 12.5. The average Bonchev–Trinajstić information content (AvgIpc) is 2.71. The number of hydrogen-bond donors (Lipinski definition) is 1. The first-order valence-electron chi connectivity index (χ1n) is 8.91. The van der Waals surface area contributed by atoms with Gasteiger partial charge in [0.15, 0.2) is 0 Å². The van der Waals surface area contributed by atoms with Gasteiger partial charge in [-0.1, -0.05) is 18.2 Å². The number of nitrogens with one attached hydrogen (secondary N) is 1. The molecular weight excluding hydrogens is 346 g/mol. The summed E-state index contributed by atoms with van der Waals surface area (Å²) in [6.45, 7) is 2.50. The number of urea groups is 1. The Bertz CT molecular complexity index is 711. The Hall–Kier alpha value is -2.05. The van der Waals surface area contributed by atoms with Crippen LogP contribution in [0.3, 0.4) is 0 Å². The van der Waals surface area contributed by atoms with E-state index in [-0.39, 0.29) is 12.1 Å². The predicted octanol–water partition coefficient (Wildman–Crippen LogP) is 3.69. The summed E-state index contributed by atoms with van der Waals surface area (Å²) in [4.78, 5) is 19.7. The Morgan fingerprint density at radius 3 is 3.04 bits per heavy atom. The lowest BCUT2D eigenvalue weighted by Crippen LogP contribution is -2.47. The molecule has 1 aliphatic rings. The maximum Gasteiger partial charge on any atom is 0.317 e. The standard InChI is InChI=1S/C20H25N3O2S/c1-26-19-8-2-5-16(11-19)13-22-20(24)23-10-4-7-18(14-23)25-15-17-6-3-9-21-12-17/h2-3,5-6,8-9,11-12,18H,4,7,10,13-15H2,1H3,(H,22,24)/t18-/m1/s1. The van der Waals surface area contributed by atoms with Gasteiger partial charge in [0.05, 0.1) is 12.7 Å². The largest absolute Gasteiger partial charge is 0.372 e. The number of rotatable bonds is 6. The van der Waals surface area contributed by atoms with Crippen LogP contribution in [-0.2, 0) is 17.9 Å². The number of carbonyl (C=O) groups is 1. The molecule has 0 saturated carbocycles. The summed E-state index contributed by atoms with van der Waals surface area (Å²) >= 11 is 1.71. The second kappa shape index (κ2) is 9.59. The summed E-state index contributed by atoms with van der Waals surface area (Å²) in [6.07, 6.45) is 7.65. The van der Waals surface area contributed by atoms with Gasteiger partial charge in [-0.2, -0.15) is 0 Å². The number of ether oxygens (including phenoxy) is 1. The summed E-state index contributed by atoms with van der Waals surface area (Å²) in [5.74, 6) is 0. The number of piperidine rings is 1. The topological polar surface area (TPSA) is 54.5 Å². The minimum Gasteiger partial charge on any atom is -0.372 e. The Kier molecular flexibility index (Phi) is 6.91. The van der Waals surface area contributed by atoms with E-state index in [0.29, 0.717) is 19.7 Å². The molecule has 0 radical (unpaired) electrons. The Morgan fingerprint density at radius 2 is 2.23 bits per heavy atom. The highest BCUT2D eigenvalue weighted by atomic mass is 32.2. The van der Waals surface area contributed by atoms with Crippen LogP contribution in [0.4, 0.5) is 4.79 Å². The van der Waals surface area contributed by atoms with Crippen LogP contribution in [0.15, 0.2) is 53.7 Å². The molecule has 1 N–H and O–H groups in total. The quantitative estimate of drug-likeness (QED) is 0.787. The van der Waals surface area contributed by atoms with Crippen molar-refractivity contribution in [1.29, 1.82) is 0 Å². The molecule has 6 heteroatoms. The van der Waals surface area contributed by atoms with Gasteiger partial charge < -0.3 is 15.0 Å². The van der Waals surface area contributed by atoms with E-state index in [2.05, 4.69) is 28.7 Å². The Morgan fingerprint density at radius 1 is 1.35 bits per heavy atom. The fourth-order valence-corrected chi connectivity index (χ4v) is 3.51. The second-order valence-corrected chi connectivity index (χ2v) is 7.27. The lowest BCUT2D eigenvalue weighted by Gasteiger charge is -2.32. The molecule has 0 unspecified atom stereocenters. The van der Waals surface area contributed by atoms with Crippen molar-refractivity contribution in [3.8, 4) is 0 Å². The van der Waals surface area contributed by atoms with Crippen molar-refractivity contribution in [1.82, 2.24) is 15.2 Å². The van der Waals surface area contributed by atoms with Crippen molar-refractivity contribution in [2.24, 2.45) is 0 Å². The van der Waals surface area contributed by atoms with Crippen LogP contribution >= 0.6 is 11.8 Å². The molecule has 5 nitrogen and oxygen atoms in total. The minimum atomic E-state index is -0.0192. The molecule has 1 saturated heterocycles. The first-order chi connectivity index (χ1) is 12.7. The monoisotopic (exact) mass is 371 g/mol. The molecule has 1 aromatic carbocycles. The van der Waals surface area contributed by atoms with E-state index in [0.717, 1.165) is 30.5 Å². The van der Waals surface area contributed by atoms with E-state index in [1.54, 1.807) is 18.0 Å². The molecular formula is C20H25N3O2S. The first kappa shape index (κ1) is 18.7. The van der Waals surface area contributed by atoms with E-state index < -0.39 is 0 Å². The molecule has 1 fully saturated rings. The summed E-state index contributed by atoms with van der Waals surface area (Å²) in [5.41, 5.74) is 2.18. The molecule has 26 heavy (non-hydrogen) atoms. The number of aromatic nitrogens is 1. The van der Waals surface area contributed by atoms with Crippen molar-refractivity contribution in [3.05, 3.63) is 59.9 Å². The SMILES string of the molecule is CSc1cccc(CNC(=O)N2CCC[C@@H](OCc3cccnc3)C2)c1. The summed E-state index contributed by atoms with van der Waals surface area (Å²) in [7, 11) is 0. The molecule has 138 valence electrons. The minimum absolute atomic E-state index is 0.0192. The average molecular weight is 372 g/mol. The first-order valence-corrected chi connectivity index (χ1v) is 10.1. The van der Waals surface area contributed by atoms with Gasteiger partial charge in [-0.05, 0) is 48.4 Å². The molecule has 2 aromatic rings. The lowest BCUT2D eigenvalue weighted by molar-refractivity contribution is -0.000459. The summed E-state index contributed by atoms with van der Waals surface area (Å²) in [6, 6.07) is 12.1. The zero-order chi connectivity index (χ0) is 18.2. The highest BCUT2D eigenvalue weighted by Crippen LogP contribution is 2.17. The molecule has 1 aromatic heterocycles. The van der Waals surface area contributed by atoms with Crippen LogP contribution in [0.25, 0.3) is 0 Å². The van der Waals surface area contributed by atoms with Gasteiger partial charge in [0.2, 0.25) is 0 Å². The fourth-order valence-electron chi connectivity index (χ4n) is 3.03. The Labute approximate surface area is 159 Å². The number of benzene rings is 1. The van der Waals surface area contributed by atoms with Crippen molar-refractivity contribution >= 4 is 17.8 Å². The molecule has 0 aliphatic carbocycles. The van der Waals surface area contributed by atoms with Gasteiger partial charge in [-0.3, -0.25) is 4.98 Å². The molecule has 0 spiro atoms. The number of pyridine rings is 1. The molecule has 2 heterocycles. The van der Waals surface area contributed by atoms with E-state index in [4.69, 9.17) is 4.74 Å². The third kappa shape index (κ3) is 5.47. The van der Waals surface area contributed by atoms with Crippen LogP contribution in [0.1, 0.15) is 24.0 Å². The number of nitrogens with zero attached hydrogens (tertiary/aromatic N) is 2. The predicted molar refractivity (Wildman–Crippen MR) is 104 cm³/mol. The zero-order valence-electron chi connectivity index (χ0n) is 15.1. The van der Waals surface area contributed by atoms with Crippen LogP contribution in [0.2, 0.25) is 0 Å². The second-order valence-electron chi connectivity index (χ2n) is 6.39. The van der Waals surface area contributed by atoms with Crippen molar-refractivity contribution in [2.75, 3.05) is 19.3 Å². The molecule has 0 bridgehead atoms. The van der Waals surface area contributed by atoms with Crippen molar-refractivity contribution in [3.63, 3.8) is 0 Å². The van der Waals surface area contributed by atoms with Crippen LogP contribution < -0.4 is 5.32 Å². The number of amides is 2. The lowest BCUT2D eigenvalue weighted by atomic mass is 10.1. The number of hydrogen-bond acceptors (Lipinski definition) is 4. The van der Waals surface area contributed by atoms with Crippen LogP contribution in [0.5, 0.6) is 0 Å². The van der Waals surface area contributed by atoms with E-state index in [1.165, 1.54) is 4.90 Å². The molecule has 1 aliphatic heterocycles. The van der Waals surface area contributed by atoms with Crippen molar-refractivity contribution < 1.29 is 9.53 Å². The number of thioether (sulfide) groups is 1. The summed E-state index contributed by atoms with van der Waals surface area (Å²) in [5, 5.41) is 3.03. The third-order valence-corrected chi connectivity index (χ3v) is 5.18. The van der Waals surface area contributed by atoms with Gasteiger partial charge in [0.25, 0.3) is 0 Å². The maximum atomic E-state index is 12.5. The normalized spacial score (nSPS) is 17.1. The van der Waals surface area contributed by atoms with E-state index >= 15 is 0 Å². The van der Waals surface area contributed by atoms with Gasteiger partial charge in [-0.25, -0.2) is 4.79 Å². The van der Waals surface area contributed by atoms with Gasteiger partial charge in [-0.15, -0.1) is 11.8 Å². The van der Waals surface area contributed by atoms with E-state index in [1.807, 2.05) is 35.4 Å². The highest BCUT2D eigenvalue weighted by Gasteiger charge is 2.24. The van der Waals surface area contributed by atoms with Crippen LogP contribution in [-0.4, -0.2) is 41.4 Å². The van der Waals surface area contributed by atoms with Crippen molar-refractivity contribution in [2.45, 2.75) is 37.0 Å². The Balaban J connectivity index is 1.46. The number of carbonyl (C=O) groups excluding carboxylic acids is 1. The fraction of sp³-hybridized carbons (Fsp3) is 0.400. The van der Waals surface area contributed by atoms with Gasteiger partial charge in [0, 0.05) is 36.9 Å². The third-order valence-electron chi connectivity index (χ3n) is 4.45. The smallest absolute Gasteiger partial charge is 0.317 e. The van der Waals surface area contributed by atoms with Crippen LogP contribution in [0, 0.1) is 0 Å². The molecule has 2 amide bonds. The molecule has 1 atom stereocenters.